The number of hydrogen-bond acceptors (Lipinski definition) is 5. The van der Waals surface area contributed by atoms with Gasteiger partial charge in [-0.15, -0.1) is 0 Å². The molecule has 1 heterocycles. The Labute approximate surface area is 148 Å². The van der Waals surface area contributed by atoms with Crippen molar-refractivity contribution in [1.29, 1.82) is 0 Å². The molecule has 8 nitrogen and oxygen atoms in total. The lowest BCUT2D eigenvalue weighted by atomic mass is 10.3. The van der Waals surface area contributed by atoms with Crippen molar-refractivity contribution in [3.8, 4) is 11.5 Å². The Morgan fingerprint density at radius 1 is 1.28 bits per heavy atom. The summed E-state index contributed by atoms with van der Waals surface area (Å²) in [5.74, 6) is 3.17. The summed E-state index contributed by atoms with van der Waals surface area (Å²) in [6.45, 7) is 4.68. The normalized spacial score (nSPS) is 11.2. The maximum atomic E-state index is 5.72. The largest absolute Gasteiger partial charge is 0.497 e. The summed E-state index contributed by atoms with van der Waals surface area (Å²) in [4.78, 5) is 8.67. The van der Waals surface area contributed by atoms with Crippen molar-refractivity contribution in [2.24, 2.45) is 12.0 Å². The first kappa shape index (κ1) is 18.6. The van der Waals surface area contributed by atoms with Crippen molar-refractivity contribution in [3.63, 3.8) is 0 Å². The number of nitrogens with zero attached hydrogens (tertiary/aromatic N) is 4. The number of guanidine groups is 1. The standard InChI is InChI=1S/C17H26N6O2/c1-4-18-17(20-12-16-21-13-22-23(16)2)19-9-6-10-25-15-8-5-7-14(11-15)24-3/h5,7-8,11,13H,4,6,9-10,12H2,1-3H3,(H2,18,19,20). The molecule has 25 heavy (non-hydrogen) atoms. The number of benzene rings is 1. The van der Waals surface area contributed by atoms with Crippen LogP contribution in [0, 0.1) is 0 Å². The highest BCUT2D eigenvalue weighted by Crippen LogP contribution is 2.18. The lowest BCUT2D eigenvalue weighted by Crippen LogP contribution is -2.38. The Morgan fingerprint density at radius 2 is 2.12 bits per heavy atom. The smallest absolute Gasteiger partial charge is 0.191 e. The van der Waals surface area contributed by atoms with Gasteiger partial charge in [-0.25, -0.2) is 9.98 Å². The fourth-order valence-electron chi connectivity index (χ4n) is 2.11. The van der Waals surface area contributed by atoms with E-state index in [1.54, 1.807) is 11.8 Å². The summed E-state index contributed by atoms with van der Waals surface area (Å²) in [6, 6.07) is 7.60. The molecule has 0 amide bonds. The summed E-state index contributed by atoms with van der Waals surface area (Å²) in [5.41, 5.74) is 0. The number of aliphatic imine (C=N–C) groups is 1. The van der Waals surface area contributed by atoms with Gasteiger partial charge in [0.25, 0.3) is 0 Å². The Morgan fingerprint density at radius 3 is 2.84 bits per heavy atom. The number of nitrogens with one attached hydrogen (secondary N) is 2. The predicted octanol–water partition coefficient (Wildman–Crippen LogP) is 1.35. The fraction of sp³-hybridized carbons (Fsp3) is 0.471. The third kappa shape index (κ3) is 6.33. The Bertz CT molecular complexity index is 671. The summed E-state index contributed by atoms with van der Waals surface area (Å²) in [6.07, 6.45) is 2.38. The quantitative estimate of drug-likeness (QED) is 0.405. The van der Waals surface area contributed by atoms with Crippen LogP contribution in [0.1, 0.15) is 19.2 Å². The van der Waals surface area contributed by atoms with Crippen LogP contribution in [0.4, 0.5) is 0 Å². The van der Waals surface area contributed by atoms with Gasteiger partial charge in [0.2, 0.25) is 0 Å². The van der Waals surface area contributed by atoms with Crippen molar-refractivity contribution < 1.29 is 9.47 Å². The van der Waals surface area contributed by atoms with Crippen molar-refractivity contribution in [2.45, 2.75) is 19.9 Å². The van der Waals surface area contributed by atoms with Crippen LogP contribution in [0.25, 0.3) is 0 Å². The molecule has 136 valence electrons. The van der Waals surface area contributed by atoms with Crippen LogP contribution < -0.4 is 20.1 Å². The molecular formula is C17H26N6O2. The molecular weight excluding hydrogens is 320 g/mol. The lowest BCUT2D eigenvalue weighted by Gasteiger charge is -2.12. The van der Waals surface area contributed by atoms with Crippen LogP contribution in [0.5, 0.6) is 11.5 Å². The highest BCUT2D eigenvalue weighted by atomic mass is 16.5. The van der Waals surface area contributed by atoms with Crippen molar-refractivity contribution in [1.82, 2.24) is 25.4 Å². The second kappa shape index (κ2) is 10.2. The number of aryl methyl sites for hydroxylation is 1. The molecule has 2 rings (SSSR count). The van der Waals surface area contributed by atoms with E-state index < -0.39 is 0 Å². The van der Waals surface area contributed by atoms with Crippen LogP contribution >= 0.6 is 0 Å². The zero-order chi connectivity index (χ0) is 17.9. The van der Waals surface area contributed by atoms with E-state index >= 15 is 0 Å². The van der Waals surface area contributed by atoms with Crippen LogP contribution in [0.2, 0.25) is 0 Å². The number of rotatable bonds is 9. The second-order valence-corrected chi connectivity index (χ2v) is 5.30. The molecule has 0 aliphatic rings. The zero-order valence-corrected chi connectivity index (χ0v) is 15.0. The molecule has 0 aliphatic carbocycles. The first-order valence-corrected chi connectivity index (χ1v) is 8.34. The molecule has 0 fully saturated rings. The molecule has 0 aliphatic heterocycles. The molecule has 0 bridgehead atoms. The monoisotopic (exact) mass is 346 g/mol. The average molecular weight is 346 g/mol. The van der Waals surface area contributed by atoms with Gasteiger partial charge in [0, 0.05) is 26.2 Å². The topological polar surface area (TPSA) is 85.6 Å². The Hall–Kier alpha value is -2.77. The molecule has 2 N–H and O–H groups in total. The molecule has 0 unspecified atom stereocenters. The van der Waals surface area contributed by atoms with Crippen molar-refractivity contribution in [3.05, 3.63) is 36.4 Å². The van der Waals surface area contributed by atoms with Gasteiger partial charge in [-0.2, -0.15) is 5.10 Å². The molecule has 0 radical (unpaired) electrons. The molecule has 1 aromatic carbocycles. The summed E-state index contributed by atoms with van der Waals surface area (Å²) in [5, 5.41) is 10.5. The second-order valence-electron chi connectivity index (χ2n) is 5.30. The molecule has 1 aromatic heterocycles. The Kier molecular flexibility index (Phi) is 7.55. The molecule has 0 atom stereocenters. The molecule has 0 saturated heterocycles. The maximum Gasteiger partial charge on any atom is 0.191 e. The van der Waals surface area contributed by atoms with E-state index in [1.165, 1.54) is 6.33 Å². The summed E-state index contributed by atoms with van der Waals surface area (Å²) >= 11 is 0. The maximum absolute atomic E-state index is 5.72. The summed E-state index contributed by atoms with van der Waals surface area (Å²) < 4.78 is 12.6. The van der Waals surface area contributed by atoms with Gasteiger partial charge in [0.05, 0.1) is 13.7 Å². The third-order valence-corrected chi connectivity index (χ3v) is 3.45. The van der Waals surface area contributed by atoms with Gasteiger partial charge in [0.15, 0.2) is 5.96 Å². The van der Waals surface area contributed by atoms with Crippen LogP contribution in [-0.4, -0.2) is 47.5 Å². The van der Waals surface area contributed by atoms with Crippen molar-refractivity contribution in [2.75, 3.05) is 26.8 Å². The molecule has 2 aromatic rings. The van der Waals surface area contributed by atoms with E-state index in [9.17, 15) is 0 Å². The molecule has 0 saturated carbocycles. The predicted molar refractivity (Wildman–Crippen MR) is 96.9 cm³/mol. The van der Waals surface area contributed by atoms with Gasteiger partial charge in [0.1, 0.15) is 30.2 Å². The minimum Gasteiger partial charge on any atom is -0.497 e. The van der Waals surface area contributed by atoms with Gasteiger partial charge in [-0.3, -0.25) is 4.68 Å². The molecule has 8 heteroatoms. The van der Waals surface area contributed by atoms with Gasteiger partial charge >= 0.3 is 0 Å². The van der Waals surface area contributed by atoms with Gasteiger partial charge < -0.3 is 20.1 Å². The van der Waals surface area contributed by atoms with Crippen LogP contribution in [-0.2, 0) is 13.6 Å². The first-order valence-electron chi connectivity index (χ1n) is 8.34. The minimum atomic E-state index is 0.478. The van der Waals surface area contributed by atoms with E-state index in [0.29, 0.717) is 13.2 Å². The zero-order valence-electron chi connectivity index (χ0n) is 15.0. The highest BCUT2D eigenvalue weighted by Gasteiger charge is 2.02. The average Bonchev–Trinajstić information content (AvgIpc) is 3.04. The van der Waals surface area contributed by atoms with E-state index in [-0.39, 0.29) is 0 Å². The van der Waals surface area contributed by atoms with Crippen LogP contribution in [0.15, 0.2) is 35.6 Å². The highest BCUT2D eigenvalue weighted by molar-refractivity contribution is 5.79. The van der Waals surface area contributed by atoms with Gasteiger partial charge in [-0.05, 0) is 25.5 Å². The van der Waals surface area contributed by atoms with E-state index in [2.05, 4.69) is 25.7 Å². The van der Waals surface area contributed by atoms with E-state index in [0.717, 1.165) is 42.8 Å². The van der Waals surface area contributed by atoms with Crippen molar-refractivity contribution >= 4 is 5.96 Å². The minimum absolute atomic E-state index is 0.478. The SMILES string of the molecule is CCNC(=NCc1ncnn1C)NCCCOc1cccc(OC)c1. The summed E-state index contributed by atoms with van der Waals surface area (Å²) in [7, 11) is 3.50. The number of hydrogen-bond donors (Lipinski definition) is 2. The first-order chi connectivity index (χ1) is 12.2. The third-order valence-electron chi connectivity index (χ3n) is 3.45. The van der Waals surface area contributed by atoms with E-state index in [4.69, 9.17) is 9.47 Å². The number of methoxy groups -OCH3 is 1. The Balaban J connectivity index is 1.72. The van der Waals surface area contributed by atoms with Gasteiger partial charge in [-0.1, -0.05) is 6.07 Å². The number of ether oxygens (including phenoxy) is 2. The van der Waals surface area contributed by atoms with Crippen LogP contribution in [0.3, 0.4) is 0 Å². The van der Waals surface area contributed by atoms with E-state index in [1.807, 2.05) is 38.2 Å². The molecule has 0 spiro atoms. The number of aromatic nitrogens is 3. The fourth-order valence-corrected chi connectivity index (χ4v) is 2.11. The lowest BCUT2D eigenvalue weighted by molar-refractivity contribution is 0.308.